The molecule has 0 aromatic heterocycles. The van der Waals surface area contributed by atoms with E-state index >= 15 is 0 Å². The van der Waals surface area contributed by atoms with E-state index in [0.717, 1.165) is 6.42 Å². The predicted molar refractivity (Wildman–Crippen MR) is 63.2 cm³/mol. The molecule has 0 saturated heterocycles. The lowest BCUT2D eigenvalue weighted by Gasteiger charge is -2.10. The summed E-state index contributed by atoms with van der Waals surface area (Å²) in [6.45, 7) is 0. The Kier molecular flexibility index (Phi) is 3.36. The highest BCUT2D eigenvalue weighted by molar-refractivity contribution is 5.98. The number of hydrogen-bond acceptors (Lipinski definition) is 4. The number of rotatable bonds is 3. The number of nitro groups is 1. The van der Waals surface area contributed by atoms with Crippen molar-refractivity contribution in [1.82, 2.24) is 5.32 Å². The number of non-ortho nitro benzene ring substituents is 1. The van der Waals surface area contributed by atoms with Gasteiger partial charge in [0.05, 0.1) is 11.0 Å². The van der Waals surface area contributed by atoms with Crippen LogP contribution in [0.15, 0.2) is 24.3 Å². The molecule has 1 N–H and O–H groups in total. The van der Waals surface area contributed by atoms with Crippen LogP contribution in [-0.4, -0.2) is 22.7 Å². The van der Waals surface area contributed by atoms with Crippen LogP contribution in [0.1, 0.15) is 29.6 Å². The van der Waals surface area contributed by atoms with Gasteiger partial charge in [-0.2, -0.15) is 0 Å². The van der Waals surface area contributed by atoms with E-state index in [9.17, 15) is 19.7 Å². The smallest absolute Gasteiger partial charge is 0.269 e. The molecule has 1 aromatic rings. The highest BCUT2D eigenvalue weighted by Crippen LogP contribution is 2.16. The molecule has 1 aliphatic carbocycles. The van der Waals surface area contributed by atoms with Gasteiger partial charge in [-0.1, -0.05) is 0 Å². The number of nitro benzene ring substituents is 1. The van der Waals surface area contributed by atoms with Gasteiger partial charge in [-0.05, 0) is 25.0 Å². The lowest BCUT2D eigenvalue weighted by Crippen LogP contribution is -2.37. The number of carbonyl (C=O) groups excluding carboxylic acids is 2. The quantitative estimate of drug-likeness (QED) is 0.647. The van der Waals surface area contributed by atoms with Crippen LogP contribution in [0.4, 0.5) is 5.69 Å². The minimum absolute atomic E-state index is 0.0465. The van der Waals surface area contributed by atoms with E-state index in [0.29, 0.717) is 18.4 Å². The van der Waals surface area contributed by atoms with Crippen molar-refractivity contribution in [2.24, 2.45) is 0 Å². The number of ketones is 1. The first-order valence-electron chi connectivity index (χ1n) is 5.66. The number of carbonyl (C=O) groups is 2. The van der Waals surface area contributed by atoms with Gasteiger partial charge in [-0.3, -0.25) is 19.7 Å². The summed E-state index contributed by atoms with van der Waals surface area (Å²) >= 11 is 0. The van der Waals surface area contributed by atoms with Gasteiger partial charge in [0.15, 0.2) is 5.78 Å². The van der Waals surface area contributed by atoms with E-state index in [1.165, 1.54) is 24.3 Å². The number of nitrogens with zero attached hydrogens (tertiary/aromatic N) is 1. The molecule has 1 amide bonds. The maximum atomic E-state index is 11.8. The zero-order chi connectivity index (χ0) is 13.1. The molecule has 1 unspecified atom stereocenters. The molecule has 18 heavy (non-hydrogen) atoms. The van der Waals surface area contributed by atoms with E-state index in [1.807, 2.05) is 0 Å². The van der Waals surface area contributed by atoms with Crippen molar-refractivity contribution in [1.29, 1.82) is 0 Å². The Morgan fingerprint density at radius 3 is 2.50 bits per heavy atom. The second-order valence-corrected chi connectivity index (χ2v) is 4.19. The summed E-state index contributed by atoms with van der Waals surface area (Å²) in [6, 6.07) is 4.89. The Hall–Kier alpha value is -2.24. The fourth-order valence-electron chi connectivity index (χ4n) is 1.94. The highest BCUT2D eigenvalue weighted by atomic mass is 16.6. The summed E-state index contributed by atoms with van der Waals surface area (Å²) in [5.41, 5.74) is 0.254. The van der Waals surface area contributed by atoms with Crippen molar-refractivity contribution in [3.63, 3.8) is 0 Å². The Balaban J connectivity index is 2.04. The van der Waals surface area contributed by atoms with Gasteiger partial charge >= 0.3 is 0 Å². The second-order valence-electron chi connectivity index (χ2n) is 4.19. The summed E-state index contributed by atoms with van der Waals surface area (Å²) in [5.74, 6) is -0.324. The number of nitrogens with one attached hydrogen (secondary N) is 1. The summed E-state index contributed by atoms with van der Waals surface area (Å²) in [5, 5.41) is 13.1. The molecule has 2 rings (SSSR count). The topological polar surface area (TPSA) is 89.3 Å². The average molecular weight is 248 g/mol. The van der Waals surface area contributed by atoms with Crippen molar-refractivity contribution in [3.8, 4) is 0 Å². The second kappa shape index (κ2) is 4.95. The average Bonchev–Trinajstić information content (AvgIpc) is 2.75. The summed E-state index contributed by atoms with van der Waals surface area (Å²) in [6.07, 6.45) is 1.97. The first-order chi connectivity index (χ1) is 8.58. The first kappa shape index (κ1) is 12.2. The van der Waals surface area contributed by atoms with E-state index < -0.39 is 11.0 Å². The van der Waals surface area contributed by atoms with Crippen LogP contribution in [-0.2, 0) is 4.79 Å². The Morgan fingerprint density at radius 2 is 2.00 bits per heavy atom. The summed E-state index contributed by atoms with van der Waals surface area (Å²) < 4.78 is 0. The molecule has 94 valence electrons. The monoisotopic (exact) mass is 248 g/mol. The van der Waals surface area contributed by atoms with Gasteiger partial charge < -0.3 is 5.32 Å². The Morgan fingerprint density at radius 1 is 1.33 bits per heavy atom. The molecule has 0 spiro atoms. The van der Waals surface area contributed by atoms with Gasteiger partial charge in [0.2, 0.25) is 0 Å². The van der Waals surface area contributed by atoms with Gasteiger partial charge in [-0.15, -0.1) is 0 Å². The van der Waals surface area contributed by atoms with E-state index in [4.69, 9.17) is 0 Å². The number of amides is 1. The number of Topliss-reactive ketones (excluding diaryl/α,β-unsaturated/α-hetero) is 1. The van der Waals surface area contributed by atoms with Crippen molar-refractivity contribution in [3.05, 3.63) is 39.9 Å². The first-order valence-corrected chi connectivity index (χ1v) is 5.66. The van der Waals surface area contributed by atoms with E-state index in [1.54, 1.807) is 0 Å². The Bertz CT molecular complexity index is 495. The minimum Gasteiger partial charge on any atom is -0.342 e. The molecule has 0 aliphatic heterocycles. The summed E-state index contributed by atoms with van der Waals surface area (Å²) in [4.78, 5) is 33.1. The van der Waals surface area contributed by atoms with E-state index in [-0.39, 0.29) is 17.4 Å². The van der Waals surface area contributed by atoms with Crippen molar-refractivity contribution in [2.45, 2.75) is 25.3 Å². The van der Waals surface area contributed by atoms with Crippen LogP contribution in [0.5, 0.6) is 0 Å². The maximum Gasteiger partial charge on any atom is 0.269 e. The Labute approximate surface area is 103 Å². The molecule has 1 fully saturated rings. The molecule has 0 bridgehead atoms. The fourth-order valence-corrected chi connectivity index (χ4v) is 1.94. The maximum absolute atomic E-state index is 11.8. The third-order valence-corrected chi connectivity index (χ3v) is 2.95. The molecule has 0 heterocycles. The standard InChI is InChI=1S/C12H12N2O4/c15-11-3-1-2-10(11)13-12(16)8-4-6-9(7-5-8)14(17)18/h4-7,10H,1-3H2,(H,13,16). The lowest BCUT2D eigenvalue weighted by molar-refractivity contribution is -0.384. The van der Waals surface area contributed by atoms with Crippen LogP contribution >= 0.6 is 0 Å². The molecule has 1 atom stereocenters. The predicted octanol–water partition coefficient (Wildman–Crippen LogP) is 1.45. The van der Waals surface area contributed by atoms with Crippen LogP contribution in [0.25, 0.3) is 0 Å². The molecular formula is C12H12N2O4. The van der Waals surface area contributed by atoms with Crippen molar-refractivity contribution >= 4 is 17.4 Å². The van der Waals surface area contributed by atoms with Crippen LogP contribution < -0.4 is 5.32 Å². The number of hydrogen-bond donors (Lipinski definition) is 1. The van der Waals surface area contributed by atoms with Gasteiger partial charge in [0, 0.05) is 24.1 Å². The van der Waals surface area contributed by atoms with Crippen LogP contribution in [0.2, 0.25) is 0 Å². The number of benzene rings is 1. The molecular weight excluding hydrogens is 236 g/mol. The summed E-state index contributed by atoms with van der Waals surface area (Å²) in [7, 11) is 0. The van der Waals surface area contributed by atoms with E-state index in [2.05, 4.69) is 5.32 Å². The fraction of sp³-hybridized carbons (Fsp3) is 0.333. The zero-order valence-corrected chi connectivity index (χ0v) is 9.59. The highest BCUT2D eigenvalue weighted by Gasteiger charge is 2.26. The van der Waals surface area contributed by atoms with Gasteiger partial charge in [0.1, 0.15) is 0 Å². The third-order valence-electron chi connectivity index (χ3n) is 2.95. The zero-order valence-electron chi connectivity index (χ0n) is 9.59. The lowest BCUT2D eigenvalue weighted by atomic mass is 10.1. The van der Waals surface area contributed by atoms with Gasteiger partial charge in [0.25, 0.3) is 11.6 Å². The molecule has 0 radical (unpaired) electrons. The third kappa shape index (κ3) is 2.53. The van der Waals surface area contributed by atoms with Crippen molar-refractivity contribution < 1.29 is 14.5 Å². The largest absolute Gasteiger partial charge is 0.342 e. The van der Waals surface area contributed by atoms with Gasteiger partial charge in [-0.25, -0.2) is 0 Å². The normalized spacial score (nSPS) is 18.7. The molecule has 1 saturated carbocycles. The molecule has 1 aliphatic rings. The SMILES string of the molecule is O=C(NC1CCCC1=O)c1ccc([N+](=O)[O-])cc1. The van der Waals surface area contributed by atoms with Crippen LogP contribution in [0, 0.1) is 10.1 Å². The van der Waals surface area contributed by atoms with Crippen molar-refractivity contribution in [2.75, 3.05) is 0 Å². The van der Waals surface area contributed by atoms with Crippen LogP contribution in [0.3, 0.4) is 0 Å². The molecule has 6 heteroatoms. The molecule has 1 aromatic carbocycles. The molecule has 6 nitrogen and oxygen atoms in total. The minimum atomic E-state index is -0.526.